The van der Waals surface area contributed by atoms with Crippen molar-refractivity contribution in [2.45, 2.75) is 33.1 Å². The van der Waals surface area contributed by atoms with Gasteiger partial charge < -0.3 is 24.9 Å². The minimum Gasteiger partial charge on any atom is -0.493 e. The number of ether oxygens (including phenoxy) is 3. The number of rotatable bonds is 8. The number of aromatic amines is 1. The third-order valence-corrected chi connectivity index (χ3v) is 5.18. The van der Waals surface area contributed by atoms with E-state index >= 15 is 0 Å². The lowest BCUT2D eigenvalue weighted by molar-refractivity contribution is 0.324. The summed E-state index contributed by atoms with van der Waals surface area (Å²) in [5.41, 5.74) is 12.9. The minimum absolute atomic E-state index is 0.599. The highest BCUT2D eigenvalue weighted by Gasteiger charge is 2.19. The monoisotopic (exact) mass is 382 g/mol. The summed E-state index contributed by atoms with van der Waals surface area (Å²) in [6.45, 7) is 5.01. The van der Waals surface area contributed by atoms with E-state index in [1.54, 1.807) is 21.3 Å². The van der Waals surface area contributed by atoms with Gasteiger partial charge in [-0.25, -0.2) is 0 Å². The van der Waals surface area contributed by atoms with Gasteiger partial charge in [0, 0.05) is 22.2 Å². The maximum Gasteiger partial charge on any atom is 0.203 e. The van der Waals surface area contributed by atoms with Gasteiger partial charge in [0.1, 0.15) is 0 Å². The standard InChI is InChI=1S/C23H30N2O3/c1-14-10-15(2)21-17(8-6-7-9-24)22(25-18(21)11-14)16-12-19(26-3)23(28-5)20(13-16)27-4/h10-13,25H,6-9,24H2,1-5H3. The molecule has 0 spiro atoms. The largest absolute Gasteiger partial charge is 0.493 e. The molecule has 150 valence electrons. The summed E-state index contributed by atoms with van der Waals surface area (Å²) >= 11 is 0. The van der Waals surface area contributed by atoms with E-state index in [0.29, 0.717) is 23.8 Å². The van der Waals surface area contributed by atoms with Gasteiger partial charge in [-0.1, -0.05) is 6.07 Å². The Morgan fingerprint density at radius 1 is 0.893 bits per heavy atom. The van der Waals surface area contributed by atoms with Crippen LogP contribution in [0.25, 0.3) is 22.2 Å². The molecule has 0 bridgehead atoms. The van der Waals surface area contributed by atoms with E-state index in [1.807, 2.05) is 12.1 Å². The second-order valence-corrected chi connectivity index (χ2v) is 7.14. The quantitative estimate of drug-likeness (QED) is 0.551. The van der Waals surface area contributed by atoms with Crippen LogP contribution in [0.5, 0.6) is 17.2 Å². The number of hydrogen-bond donors (Lipinski definition) is 2. The van der Waals surface area contributed by atoms with Crippen LogP contribution in [-0.2, 0) is 6.42 Å². The number of H-pyrrole nitrogens is 1. The highest BCUT2D eigenvalue weighted by molar-refractivity contribution is 5.94. The summed E-state index contributed by atoms with van der Waals surface area (Å²) in [6.07, 6.45) is 3.02. The van der Waals surface area contributed by atoms with Crippen LogP contribution in [0, 0.1) is 13.8 Å². The van der Waals surface area contributed by atoms with Crippen molar-refractivity contribution in [3.05, 3.63) is 41.0 Å². The molecule has 0 aliphatic rings. The lowest BCUT2D eigenvalue weighted by atomic mass is 9.97. The molecule has 0 saturated carbocycles. The van der Waals surface area contributed by atoms with Crippen LogP contribution in [0.2, 0.25) is 0 Å². The molecule has 28 heavy (non-hydrogen) atoms. The van der Waals surface area contributed by atoms with Gasteiger partial charge in [-0.15, -0.1) is 0 Å². The number of fused-ring (bicyclic) bond motifs is 1. The average Bonchev–Trinajstić information content (AvgIpc) is 3.05. The van der Waals surface area contributed by atoms with Crippen molar-refractivity contribution in [2.75, 3.05) is 27.9 Å². The number of aryl methyl sites for hydroxylation is 3. The zero-order valence-electron chi connectivity index (χ0n) is 17.4. The summed E-state index contributed by atoms with van der Waals surface area (Å²) in [6, 6.07) is 8.44. The van der Waals surface area contributed by atoms with Crippen LogP contribution in [0.1, 0.15) is 29.5 Å². The van der Waals surface area contributed by atoms with E-state index in [2.05, 4.69) is 31.0 Å². The molecule has 3 N–H and O–H groups in total. The minimum atomic E-state index is 0.599. The Balaban J connectivity index is 2.24. The lowest BCUT2D eigenvalue weighted by Gasteiger charge is -2.14. The molecule has 0 unspecified atom stereocenters. The van der Waals surface area contributed by atoms with Crippen LogP contribution in [-0.4, -0.2) is 32.9 Å². The molecule has 2 aromatic carbocycles. The number of hydrogen-bond acceptors (Lipinski definition) is 4. The number of benzene rings is 2. The van der Waals surface area contributed by atoms with E-state index in [-0.39, 0.29) is 0 Å². The van der Waals surface area contributed by atoms with Crippen LogP contribution >= 0.6 is 0 Å². The molecular formula is C23H30N2O3. The van der Waals surface area contributed by atoms with Crippen LogP contribution < -0.4 is 19.9 Å². The van der Waals surface area contributed by atoms with E-state index in [1.165, 1.54) is 22.1 Å². The Hall–Kier alpha value is -2.66. The van der Waals surface area contributed by atoms with E-state index in [4.69, 9.17) is 19.9 Å². The topological polar surface area (TPSA) is 69.5 Å². The maximum absolute atomic E-state index is 5.73. The second-order valence-electron chi connectivity index (χ2n) is 7.14. The van der Waals surface area contributed by atoms with Gasteiger partial charge in [0.05, 0.1) is 21.3 Å². The molecule has 0 fully saturated rings. The molecular weight excluding hydrogens is 352 g/mol. The molecule has 1 aromatic heterocycles. The third-order valence-electron chi connectivity index (χ3n) is 5.18. The number of aromatic nitrogens is 1. The van der Waals surface area contributed by atoms with Gasteiger partial charge in [0.15, 0.2) is 11.5 Å². The van der Waals surface area contributed by atoms with Crippen molar-refractivity contribution in [3.8, 4) is 28.5 Å². The maximum atomic E-state index is 5.73. The predicted molar refractivity (Wildman–Crippen MR) is 115 cm³/mol. The Labute approximate surface area is 166 Å². The van der Waals surface area contributed by atoms with Gasteiger partial charge >= 0.3 is 0 Å². The normalized spacial score (nSPS) is 11.1. The van der Waals surface area contributed by atoms with Crippen molar-refractivity contribution in [2.24, 2.45) is 5.73 Å². The fourth-order valence-electron chi connectivity index (χ4n) is 3.97. The van der Waals surface area contributed by atoms with Crippen LogP contribution in [0.3, 0.4) is 0 Å². The summed E-state index contributed by atoms with van der Waals surface area (Å²) in [5.74, 6) is 1.90. The SMILES string of the molecule is COc1cc(-c2[nH]c3cc(C)cc(C)c3c2CCCCN)cc(OC)c1OC. The first kappa shape index (κ1) is 20.1. The molecule has 0 saturated heterocycles. The molecule has 0 aliphatic carbocycles. The van der Waals surface area contributed by atoms with Gasteiger partial charge in [-0.3, -0.25) is 0 Å². The summed E-state index contributed by atoms with van der Waals surface area (Å²) in [7, 11) is 4.90. The molecule has 0 atom stereocenters. The zero-order valence-corrected chi connectivity index (χ0v) is 17.4. The summed E-state index contributed by atoms with van der Waals surface area (Å²) in [5, 5.41) is 1.30. The summed E-state index contributed by atoms with van der Waals surface area (Å²) in [4.78, 5) is 3.65. The number of unbranched alkanes of at least 4 members (excludes halogenated alkanes) is 1. The molecule has 5 heteroatoms. The Bertz CT molecular complexity index is 951. The Morgan fingerprint density at radius 3 is 2.14 bits per heavy atom. The zero-order chi connectivity index (χ0) is 20.3. The highest BCUT2D eigenvalue weighted by atomic mass is 16.5. The van der Waals surface area contributed by atoms with Crippen LogP contribution in [0.15, 0.2) is 24.3 Å². The molecule has 0 aliphatic heterocycles. The van der Waals surface area contributed by atoms with E-state index < -0.39 is 0 Å². The average molecular weight is 383 g/mol. The summed E-state index contributed by atoms with van der Waals surface area (Å²) < 4.78 is 16.6. The molecule has 0 amide bonds. The number of nitrogens with two attached hydrogens (primary N) is 1. The van der Waals surface area contributed by atoms with Crippen molar-refractivity contribution in [1.82, 2.24) is 4.98 Å². The van der Waals surface area contributed by atoms with Crippen molar-refractivity contribution in [1.29, 1.82) is 0 Å². The van der Waals surface area contributed by atoms with Gasteiger partial charge in [0.2, 0.25) is 5.75 Å². The fourth-order valence-corrected chi connectivity index (χ4v) is 3.97. The highest BCUT2D eigenvalue weighted by Crippen LogP contribution is 2.43. The third kappa shape index (κ3) is 3.67. The second kappa shape index (κ2) is 8.57. The van der Waals surface area contributed by atoms with E-state index in [9.17, 15) is 0 Å². The van der Waals surface area contributed by atoms with Crippen molar-refractivity contribution in [3.63, 3.8) is 0 Å². The van der Waals surface area contributed by atoms with Gasteiger partial charge in [-0.05, 0) is 74.5 Å². The van der Waals surface area contributed by atoms with Crippen molar-refractivity contribution >= 4 is 10.9 Å². The lowest BCUT2D eigenvalue weighted by Crippen LogP contribution is -2.00. The Morgan fingerprint density at radius 2 is 1.57 bits per heavy atom. The van der Waals surface area contributed by atoms with E-state index in [0.717, 1.165) is 36.0 Å². The Kier molecular flexibility index (Phi) is 6.15. The van der Waals surface area contributed by atoms with Crippen molar-refractivity contribution < 1.29 is 14.2 Å². The molecule has 3 aromatic rings. The molecule has 1 heterocycles. The van der Waals surface area contributed by atoms with Crippen LogP contribution in [0.4, 0.5) is 0 Å². The van der Waals surface area contributed by atoms with Gasteiger partial charge in [-0.2, -0.15) is 0 Å². The number of methoxy groups -OCH3 is 3. The smallest absolute Gasteiger partial charge is 0.203 e. The fraction of sp³-hybridized carbons (Fsp3) is 0.391. The first-order valence-corrected chi connectivity index (χ1v) is 9.66. The molecule has 0 radical (unpaired) electrons. The molecule has 3 rings (SSSR count). The first-order valence-electron chi connectivity index (χ1n) is 9.66. The predicted octanol–water partition coefficient (Wildman–Crippen LogP) is 4.76. The van der Waals surface area contributed by atoms with Gasteiger partial charge in [0.25, 0.3) is 0 Å². The number of nitrogens with one attached hydrogen (secondary N) is 1. The first-order chi connectivity index (χ1) is 13.5. The molecule has 5 nitrogen and oxygen atoms in total.